The Morgan fingerprint density at radius 2 is 2.44 bits per heavy atom. The van der Waals surface area contributed by atoms with Crippen molar-refractivity contribution >= 4 is 23.3 Å². The van der Waals surface area contributed by atoms with Gasteiger partial charge < -0.3 is 15.3 Å². The molecule has 0 fully saturated rings. The zero-order chi connectivity index (χ0) is 12.7. The van der Waals surface area contributed by atoms with Crippen LogP contribution >= 0.6 is 12.2 Å². The van der Waals surface area contributed by atoms with E-state index < -0.39 is 0 Å². The van der Waals surface area contributed by atoms with Gasteiger partial charge in [0.1, 0.15) is 11.6 Å². The van der Waals surface area contributed by atoms with Gasteiger partial charge in [-0.2, -0.15) is 5.26 Å². The van der Waals surface area contributed by atoms with E-state index in [0.29, 0.717) is 10.2 Å². The summed E-state index contributed by atoms with van der Waals surface area (Å²) in [6, 6.07) is 2.39. The predicted octanol–water partition coefficient (Wildman–Crippen LogP) is 1.63. The number of aromatic nitrogens is 3. The molecule has 0 aliphatic carbocycles. The van der Waals surface area contributed by atoms with E-state index in [0.717, 1.165) is 42.5 Å². The molecule has 5 nitrogen and oxygen atoms in total. The van der Waals surface area contributed by atoms with Gasteiger partial charge in [-0.25, -0.2) is 4.98 Å². The number of nitriles is 1. The van der Waals surface area contributed by atoms with Gasteiger partial charge in [-0.15, -0.1) is 0 Å². The van der Waals surface area contributed by atoms with Crippen LogP contribution in [0.15, 0.2) is 6.33 Å². The van der Waals surface area contributed by atoms with Crippen molar-refractivity contribution in [2.75, 3.05) is 0 Å². The molecule has 3 rings (SSSR count). The zero-order valence-electron chi connectivity index (χ0n) is 9.81. The highest BCUT2D eigenvalue weighted by Gasteiger charge is 2.22. The molecule has 0 saturated heterocycles. The van der Waals surface area contributed by atoms with Gasteiger partial charge in [0.15, 0.2) is 4.64 Å². The van der Waals surface area contributed by atoms with Crippen molar-refractivity contribution in [2.45, 2.75) is 31.8 Å². The first kappa shape index (κ1) is 11.4. The van der Waals surface area contributed by atoms with Crippen molar-refractivity contribution < 1.29 is 0 Å². The molecule has 0 bridgehead atoms. The molecule has 1 unspecified atom stereocenters. The van der Waals surface area contributed by atoms with E-state index in [2.05, 4.69) is 20.6 Å². The molecular weight excluding hydrogens is 246 g/mol. The standard InChI is InChI=1S/C12H13N5S/c13-5-8-9-4-7(14)2-1-3-17(9)11-10(8)15-6-16-12(11)18/h6-7H,1-4,14H2,(H,15,16,18). The fourth-order valence-corrected chi connectivity index (χ4v) is 2.95. The Balaban J connectivity index is 2.41. The van der Waals surface area contributed by atoms with E-state index in [1.54, 1.807) is 6.33 Å². The highest BCUT2D eigenvalue weighted by atomic mass is 32.1. The van der Waals surface area contributed by atoms with E-state index in [1.807, 2.05) is 0 Å². The summed E-state index contributed by atoms with van der Waals surface area (Å²) in [4.78, 5) is 7.15. The first-order valence-electron chi connectivity index (χ1n) is 5.97. The van der Waals surface area contributed by atoms with E-state index in [1.165, 1.54) is 0 Å². The summed E-state index contributed by atoms with van der Waals surface area (Å²) in [6.45, 7) is 0.852. The Labute approximate surface area is 109 Å². The van der Waals surface area contributed by atoms with Gasteiger partial charge >= 0.3 is 0 Å². The number of aromatic amines is 1. The molecule has 0 aromatic carbocycles. The van der Waals surface area contributed by atoms with Crippen LogP contribution in [0.25, 0.3) is 11.0 Å². The van der Waals surface area contributed by atoms with Gasteiger partial charge in [-0.3, -0.25) is 0 Å². The van der Waals surface area contributed by atoms with E-state index in [9.17, 15) is 5.26 Å². The molecule has 6 heteroatoms. The van der Waals surface area contributed by atoms with Crippen molar-refractivity contribution in [1.82, 2.24) is 14.5 Å². The Kier molecular flexibility index (Phi) is 2.65. The zero-order valence-corrected chi connectivity index (χ0v) is 10.6. The maximum absolute atomic E-state index is 9.37. The number of nitrogens with one attached hydrogen (secondary N) is 1. The van der Waals surface area contributed by atoms with E-state index in [-0.39, 0.29) is 6.04 Å². The summed E-state index contributed by atoms with van der Waals surface area (Å²) in [5.74, 6) is 0. The molecule has 0 amide bonds. The second-order valence-corrected chi connectivity index (χ2v) is 5.01. The van der Waals surface area contributed by atoms with Crippen LogP contribution in [0.3, 0.4) is 0 Å². The van der Waals surface area contributed by atoms with E-state index in [4.69, 9.17) is 18.0 Å². The van der Waals surface area contributed by atoms with Crippen LogP contribution in [0, 0.1) is 16.0 Å². The first-order valence-corrected chi connectivity index (χ1v) is 6.37. The number of rotatable bonds is 0. The van der Waals surface area contributed by atoms with Crippen molar-refractivity contribution in [3.05, 3.63) is 22.2 Å². The van der Waals surface area contributed by atoms with Crippen LogP contribution in [0.2, 0.25) is 0 Å². The van der Waals surface area contributed by atoms with Gasteiger partial charge in [0.2, 0.25) is 0 Å². The smallest absolute Gasteiger partial charge is 0.153 e. The van der Waals surface area contributed by atoms with Crippen LogP contribution in [0.1, 0.15) is 24.1 Å². The van der Waals surface area contributed by atoms with Crippen molar-refractivity contribution in [3.63, 3.8) is 0 Å². The lowest BCUT2D eigenvalue weighted by Gasteiger charge is -2.06. The number of hydrogen-bond acceptors (Lipinski definition) is 4. The molecule has 3 N–H and O–H groups in total. The number of fused-ring (bicyclic) bond motifs is 3. The summed E-state index contributed by atoms with van der Waals surface area (Å²) in [5, 5.41) is 9.37. The quantitative estimate of drug-likeness (QED) is 0.704. The predicted molar refractivity (Wildman–Crippen MR) is 70.5 cm³/mol. The monoisotopic (exact) mass is 259 g/mol. The highest BCUT2D eigenvalue weighted by molar-refractivity contribution is 7.71. The van der Waals surface area contributed by atoms with Gasteiger partial charge in [0, 0.05) is 24.7 Å². The summed E-state index contributed by atoms with van der Waals surface area (Å²) >= 11 is 5.28. The van der Waals surface area contributed by atoms with Crippen LogP contribution in [-0.4, -0.2) is 20.6 Å². The van der Waals surface area contributed by atoms with Gasteiger partial charge in [-0.1, -0.05) is 12.2 Å². The molecule has 2 aromatic heterocycles. The minimum absolute atomic E-state index is 0.115. The molecular formula is C12H13N5S. The Bertz CT molecular complexity index is 706. The molecule has 3 heterocycles. The first-order chi connectivity index (χ1) is 8.72. The molecule has 0 radical (unpaired) electrons. The van der Waals surface area contributed by atoms with Crippen molar-refractivity contribution in [3.8, 4) is 6.07 Å². The molecule has 2 aromatic rings. The molecule has 1 aliphatic heterocycles. The fourth-order valence-electron chi connectivity index (χ4n) is 2.69. The van der Waals surface area contributed by atoms with Crippen LogP contribution in [0.5, 0.6) is 0 Å². The SMILES string of the molecule is N#Cc1c2n(c3c(=S)nc[nH]c13)CCCC(N)C2. The largest absolute Gasteiger partial charge is 0.343 e. The van der Waals surface area contributed by atoms with Gasteiger partial charge in [0.25, 0.3) is 0 Å². The lowest BCUT2D eigenvalue weighted by Crippen LogP contribution is -2.21. The minimum atomic E-state index is 0.115. The molecule has 1 atom stereocenters. The van der Waals surface area contributed by atoms with Crippen LogP contribution in [-0.2, 0) is 13.0 Å². The Morgan fingerprint density at radius 1 is 1.61 bits per heavy atom. The maximum Gasteiger partial charge on any atom is 0.153 e. The summed E-state index contributed by atoms with van der Waals surface area (Å²) in [6.07, 6.45) is 4.25. The fraction of sp³-hybridized carbons (Fsp3) is 0.417. The molecule has 92 valence electrons. The third kappa shape index (κ3) is 1.55. The van der Waals surface area contributed by atoms with Crippen molar-refractivity contribution in [1.29, 1.82) is 5.26 Å². The minimum Gasteiger partial charge on any atom is -0.343 e. The molecule has 1 aliphatic rings. The Hall–Kier alpha value is -1.71. The average Bonchev–Trinajstić information content (AvgIpc) is 2.51. The number of nitrogens with two attached hydrogens (primary N) is 1. The summed E-state index contributed by atoms with van der Waals surface area (Å²) < 4.78 is 2.66. The topological polar surface area (TPSA) is 83.4 Å². The Morgan fingerprint density at radius 3 is 3.22 bits per heavy atom. The lowest BCUT2D eigenvalue weighted by atomic mass is 10.1. The third-order valence-corrected chi connectivity index (χ3v) is 3.79. The number of nitrogens with zero attached hydrogens (tertiary/aromatic N) is 3. The number of aryl methyl sites for hydroxylation is 1. The number of hydrogen-bond donors (Lipinski definition) is 2. The van der Waals surface area contributed by atoms with Crippen LogP contribution < -0.4 is 5.73 Å². The summed E-state index contributed by atoms with van der Waals surface area (Å²) in [7, 11) is 0. The highest BCUT2D eigenvalue weighted by Crippen LogP contribution is 2.28. The maximum atomic E-state index is 9.37. The van der Waals surface area contributed by atoms with Gasteiger partial charge in [0.05, 0.1) is 17.4 Å². The van der Waals surface area contributed by atoms with Gasteiger partial charge in [-0.05, 0) is 12.8 Å². The van der Waals surface area contributed by atoms with Crippen LogP contribution in [0.4, 0.5) is 0 Å². The number of H-pyrrole nitrogens is 1. The second-order valence-electron chi connectivity index (χ2n) is 4.62. The molecule has 0 saturated carbocycles. The van der Waals surface area contributed by atoms with Crippen molar-refractivity contribution in [2.24, 2.45) is 5.73 Å². The molecule has 18 heavy (non-hydrogen) atoms. The third-order valence-electron chi connectivity index (χ3n) is 3.49. The molecule has 0 spiro atoms. The average molecular weight is 259 g/mol. The van der Waals surface area contributed by atoms with E-state index >= 15 is 0 Å². The lowest BCUT2D eigenvalue weighted by molar-refractivity contribution is 0.588. The second kappa shape index (κ2) is 4.19. The summed E-state index contributed by atoms with van der Waals surface area (Å²) in [5.41, 5.74) is 9.38. The normalized spacial score (nSPS) is 19.2.